The molecule has 0 spiro atoms. The molecule has 32 heavy (non-hydrogen) atoms. The summed E-state index contributed by atoms with van der Waals surface area (Å²) in [6.45, 7) is 0.240. The molecule has 1 aromatic heterocycles. The van der Waals surface area contributed by atoms with Crippen LogP contribution in [0.25, 0.3) is 5.69 Å². The zero-order valence-electron chi connectivity index (χ0n) is 17.0. The maximum atomic E-state index is 12.5. The molecule has 4 rings (SSSR count). The van der Waals surface area contributed by atoms with E-state index in [1.807, 2.05) is 30.3 Å². The summed E-state index contributed by atoms with van der Waals surface area (Å²) in [6, 6.07) is 23.1. The number of para-hydroxylation sites is 3. The lowest BCUT2D eigenvalue weighted by atomic mass is 10.1. The van der Waals surface area contributed by atoms with Crippen LogP contribution in [0.1, 0.15) is 26.4 Å². The van der Waals surface area contributed by atoms with E-state index in [1.165, 1.54) is 4.80 Å². The lowest BCUT2D eigenvalue weighted by molar-refractivity contribution is 0.0945. The second-order valence-electron chi connectivity index (χ2n) is 6.98. The van der Waals surface area contributed by atoms with Crippen LogP contribution in [-0.2, 0) is 6.54 Å². The first-order valence-corrected chi connectivity index (χ1v) is 9.82. The molecule has 0 bridgehead atoms. The monoisotopic (exact) mass is 427 g/mol. The molecule has 0 aliphatic rings. The molecule has 160 valence electrons. The average Bonchev–Trinajstić information content (AvgIpc) is 3.21. The third kappa shape index (κ3) is 4.57. The molecule has 0 aliphatic carbocycles. The van der Waals surface area contributed by atoms with E-state index in [1.54, 1.807) is 48.5 Å². The van der Waals surface area contributed by atoms with Gasteiger partial charge in [-0.15, -0.1) is 15.0 Å². The van der Waals surface area contributed by atoms with Crippen molar-refractivity contribution in [3.05, 3.63) is 95.7 Å². The smallest absolute Gasteiger partial charge is 0.275 e. The Morgan fingerprint density at radius 3 is 2.22 bits per heavy atom. The Hall–Kier alpha value is -4.66. The first kappa shape index (κ1) is 20.6. The van der Waals surface area contributed by atoms with Gasteiger partial charge in [-0.05, 0) is 42.0 Å². The highest BCUT2D eigenvalue weighted by atomic mass is 16.2. The summed E-state index contributed by atoms with van der Waals surface area (Å²) in [6.07, 6.45) is 0. The van der Waals surface area contributed by atoms with Gasteiger partial charge in [-0.3, -0.25) is 9.59 Å². The van der Waals surface area contributed by atoms with Gasteiger partial charge in [0.25, 0.3) is 11.8 Å². The highest BCUT2D eigenvalue weighted by molar-refractivity contribution is 6.05. The van der Waals surface area contributed by atoms with Crippen molar-refractivity contribution >= 4 is 29.0 Å². The minimum absolute atomic E-state index is 0.0403. The van der Waals surface area contributed by atoms with Crippen molar-refractivity contribution in [2.45, 2.75) is 6.54 Å². The van der Waals surface area contributed by atoms with Gasteiger partial charge in [-0.1, -0.05) is 42.5 Å². The van der Waals surface area contributed by atoms with Crippen molar-refractivity contribution in [1.82, 2.24) is 20.3 Å². The van der Waals surface area contributed by atoms with E-state index in [2.05, 4.69) is 20.8 Å². The molecule has 0 aliphatic heterocycles. The Balaban J connectivity index is 1.37. The molecular weight excluding hydrogens is 406 g/mol. The van der Waals surface area contributed by atoms with Crippen molar-refractivity contribution in [1.29, 1.82) is 0 Å². The third-order valence-electron chi connectivity index (χ3n) is 4.72. The number of amides is 2. The summed E-state index contributed by atoms with van der Waals surface area (Å²) in [5.74, 6) is -0.673. The Kier molecular flexibility index (Phi) is 5.80. The Morgan fingerprint density at radius 1 is 0.812 bits per heavy atom. The van der Waals surface area contributed by atoms with Crippen molar-refractivity contribution < 1.29 is 9.59 Å². The number of rotatable bonds is 6. The van der Waals surface area contributed by atoms with Crippen LogP contribution in [0.5, 0.6) is 0 Å². The zero-order chi connectivity index (χ0) is 22.5. The van der Waals surface area contributed by atoms with Gasteiger partial charge in [0.1, 0.15) is 0 Å². The average molecular weight is 427 g/mol. The standard InChI is InChI=1S/C23H21N7O2/c24-18-8-4-5-9-19(18)27-22(31)16-12-10-15(11-13-16)14-26-23(32)20-21(25)29-30(28-20)17-6-2-1-3-7-17/h1-13H,14,24H2,(H2,25,29)(H,26,32)(H,27,31). The minimum Gasteiger partial charge on any atom is -0.397 e. The van der Waals surface area contributed by atoms with E-state index in [9.17, 15) is 9.59 Å². The van der Waals surface area contributed by atoms with Gasteiger partial charge >= 0.3 is 0 Å². The number of aromatic nitrogens is 3. The number of hydrogen-bond donors (Lipinski definition) is 4. The van der Waals surface area contributed by atoms with E-state index < -0.39 is 5.91 Å². The molecule has 6 N–H and O–H groups in total. The summed E-state index contributed by atoms with van der Waals surface area (Å²) >= 11 is 0. The summed E-state index contributed by atoms with van der Waals surface area (Å²) in [5.41, 5.74) is 14.8. The molecule has 2 amide bonds. The molecule has 0 radical (unpaired) electrons. The zero-order valence-corrected chi connectivity index (χ0v) is 17.0. The molecule has 0 atom stereocenters. The topological polar surface area (TPSA) is 141 Å². The molecule has 1 heterocycles. The van der Waals surface area contributed by atoms with Crippen LogP contribution in [0.4, 0.5) is 17.2 Å². The maximum absolute atomic E-state index is 12.5. The van der Waals surface area contributed by atoms with Crippen molar-refractivity contribution in [3.8, 4) is 5.69 Å². The number of nitrogen functional groups attached to an aromatic ring is 2. The third-order valence-corrected chi connectivity index (χ3v) is 4.72. The summed E-state index contributed by atoms with van der Waals surface area (Å²) in [5, 5.41) is 13.8. The number of benzene rings is 3. The molecule has 0 fully saturated rings. The SMILES string of the molecule is Nc1ccccc1NC(=O)c1ccc(CNC(=O)c2nn(-c3ccccc3)nc2N)cc1. The lowest BCUT2D eigenvalue weighted by Gasteiger charge is -2.09. The largest absolute Gasteiger partial charge is 0.397 e. The minimum atomic E-state index is -0.439. The fourth-order valence-corrected chi connectivity index (χ4v) is 3.00. The van der Waals surface area contributed by atoms with Gasteiger partial charge < -0.3 is 22.1 Å². The van der Waals surface area contributed by atoms with E-state index >= 15 is 0 Å². The predicted molar refractivity (Wildman–Crippen MR) is 122 cm³/mol. The highest BCUT2D eigenvalue weighted by Gasteiger charge is 2.17. The first-order valence-electron chi connectivity index (χ1n) is 9.82. The van der Waals surface area contributed by atoms with E-state index in [-0.39, 0.29) is 24.0 Å². The van der Waals surface area contributed by atoms with Crippen LogP contribution in [0.3, 0.4) is 0 Å². The molecule has 9 nitrogen and oxygen atoms in total. The Bertz CT molecular complexity index is 1250. The normalized spacial score (nSPS) is 10.5. The summed E-state index contributed by atoms with van der Waals surface area (Å²) in [7, 11) is 0. The number of nitrogens with zero attached hydrogens (tertiary/aromatic N) is 3. The second-order valence-corrected chi connectivity index (χ2v) is 6.98. The van der Waals surface area contributed by atoms with Crippen LogP contribution in [-0.4, -0.2) is 26.8 Å². The van der Waals surface area contributed by atoms with Gasteiger partial charge in [-0.2, -0.15) is 0 Å². The van der Waals surface area contributed by atoms with Gasteiger partial charge in [0.15, 0.2) is 11.5 Å². The summed E-state index contributed by atoms with van der Waals surface area (Å²) < 4.78 is 0. The number of carbonyl (C=O) groups is 2. The Morgan fingerprint density at radius 2 is 1.50 bits per heavy atom. The quantitative estimate of drug-likeness (QED) is 0.349. The number of anilines is 3. The van der Waals surface area contributed by atoms with Crippen LogP contribution in [0.15, 0.2) is 78.9 Å². The highest BCUT2D eigenvalue weighted by Crippen LogP contribution is 2.18. The predicted octanol–water partition coefficient (Wildman–Crippen LogP) is 2.61. The second kappa shape index (κ2) is 9.00. The van der Waals surface area contributed by atoms with Gasteiger partial charge in [0, 0.05) is 12.1 Å². The fraction of sp³-hybridized carbons (Fsp3) is 0.0435. The van der Waals surface area contributed by atoms with Crippen molar-refractivity contribution in [3.63, 3.8) is 0 Å². The number of carbonyl (C=O) groups excluding carboxylic acids is 2. The van der Waals surface area contributed by atoms with E-state index in [4.69, 9.17) is 11.5 Å². The lowest BCUT2D eigenvalue weighted by Crippen LogP contribution is -2.24. The molecule has 3 aromatic carbocycles. The molecule has 0 saturated heterocycles. The molecule has 4 aromatic rings. The van der Waals surface area contributed by atoms with Crippen LogP contribution >= 0.6 is 0 Å². The van der Waals surface area contributed by atoms with Crippen LogP contribution < -0.4 is 22.1 Å². The van der Waals surface area contributed by atoms with Crippen LogP contribution in [0, 0.1) is 0 Å². The fourth-order valence-electron chi connectivity index (χ4n) is 3.00. The molecule has 0 saturated carbocycles. The maximum Gasteiger partial charge on any atom is 0.275 e. The molecule has 9 heteroatoms. The number of nitrogens with two attached hydrogens (primary N) is 2. The van der Waals surface area contributed by atoms with Gasteiger partial charge in [0.2, 0.25) is 0 Å². The van der Waals surface area contributed by atoms with E-state index in [0.29, 0.717) is 22.6 Å². The van der Waals surface area contributed by atoms with Gasteiger partial charge in [-0.25, -0.2) is 0 Å². The Labute approximate surface area is 184 Å². The van der Waals surface area contributed by atoms with E-state index in [0.717, 1.165) is 5.56 Å². The number of nitrogens with one attached hydrogen (secondary N) is 2. The first-order chi connectivity index (χ1) is 15.5. The molecule has 0 unspecified atom stereocenters. The van der Waals surface area contributed by atoms with Gasteiger partial charge in [0.05, 0.1) is 17.1 Å². The van der Waals surface area contributed by atoms with Crippen LogP contribution in [0.2, 0.25) is 0 Å². The number of hydrogen-bond acceptors (Lipinski definition) is 6. The molecular formula is C23H21N7O2. The van der Waals surface area contributed by atoms with Crippen molar-refractivity contribution in [2.24, 2.45) is 0 Å². The summed E-state index contributed by atoms with van der Waals surface area (Å²) in [4.78, 5) is 26.2. The van der Waals surface area contributed by atoms with Crippen molar-refractivity contribution in [2.75, 3.05) is 16.8 Å².